The molecule has 4 heteroatoms. The van der Waals surface area contributed by atoms with Gasteiger partial charge in [0.2, 0.25) is 0 Å². The highest BCUT2D eigenvalue weighted by Crippen LogP contribution is 2.28. The highest BCUT2D eigenvalue weighted by atomic mass is 16.5. The SMILES string of the molecule is OCCOCCCNC1CCc2[nH]c3ccccc3c2C1. The van der Waals surface area contributed by atoms with Crippen LogP contribution in [-0.2, 0) is 17.6 Å². The van der Waals surface area contributed by atoms with Gasteiger partial charge in [0, 0.05) is 29.2 Å². The molecule has 3 rings (SSSR count). The van der Waals surface area contributed by atoms with Crippen LogP contribution in [0.3, 0.4) is 0 Å². The number of benzene rings is 1. The molecule has 1 aliphatic carbocycles. The van der Waals surface area contributed by atoms with E-state index in [0.717, 1.165) is 32.4 Å². The second kappa shape index (κ2) is 7.07. The summed E-state index contributed by atoms with van der Waals surface area (Å²) in [7, 11) is 0. The molecule has 1 unspecified atom stereocenters. The molecule has 1 heterocycles. The molecule has 0 bridgehead atoms. The van der Waals surface area contributed by atoms with Gasteiger partial charge in [0.1, 0.15) is 0 Å². The molecule has 0 aliphatic heterocycles. The number of aryl methyl sites for hydroxylation is 1. The average Bonchev–Trinajstić information content (AvgIpc) is 2.89. The molecule has 0 saturated heterocycles. The fourth-order valence-corrected chi connectivity index (χ4v) is 3.19. The minimum atomic E-state index is 0.111. The molecule has 2 aromatic rings. The second-order valence-electron chi connectivity index (χ2n) is 5.71. The summed E-state index contributed by atoms with van der Waals surface area (Å²) in [6.45, 7) is 2.26. The van der Waals surface area contributed by atoms with Crippen molar-refractivity contribution in [1.82, 2.24) is 10.3 Å². The first-order valence-corrected chi connectivity index (χ1v) is 7.89. The van der Waals surface area contributed by atoms with Crippen molar-refractivity contribution in [3.8, 4) is 0 Å². The average molecular weight is 288 g/mol. The molecule has 1 aromatic heterocycles. The lowest BCUT2D eigenvalue weighted by Gasteiger charge is -2.23. The summed E-state index contributed by atoms with van der Waals surface area (Å²) < 4.78 is 5.28. The highest BCUT2D eigenvalue weighted by Gasteiger charge is 2.21. The Labute approximate surface area is 125 Å². The van der Waals surface area contributed by atoms with E-state index in [0.29, 0.717) is 12.6 Å². The number of aromatic amines is 1. The summed E-state index contributed by atoms with van der Waals surface area (Å²) in [4.78, 5) is 3.56. The maximum Gasteiger partial charge on any atom is 0.0697 e. The topological polar surface area (TPSA) is 57.3 Å². The van der Waals surface area contributed by atoms with E-state index >= 15 is 0 Å². The van der Waals surface area contributed by atoms with Crippen LogP contribution in [0.5, 0.6) is 0 Å². The van der Waals surface area contributed by atoms with Gasteiger partial charge in [0.05, 0.1) is 13.2 Å². The van der Waals surface area contributed by atoms with Crippen molar-refractivity contribution in [1.29, 1.82) is 0 Å². The van der Waals surface area contributed by atoms with Crippen LogP contribution in [0, 0.1) is 0 Å². The molecule has 0 saturated carbocycles. The monoisotopic (exact) mass is 288 g/mol. The van der Waals surface area contributed by atoms with E-state index in [-0.39, 0.29) is 6.61 Å². The van der Waals surface area contributed by atoms with Gasteiger partial charge in [-0.2, -0.15) is 0 Å². The molecule has 0 radical (unpaired) electrons. The first-order valence-electron chi connectivity index (χ1n) is 7.89. The predicted octanol–water partition coefficient (Wildman–Crippen LogP) is 2.01. The van der Waals surface area contributed by atoms with Gasteiger partial charge >= 0.3 is 0 Å². The molecule has 3 N–H and O–H groups in total. The lowest BCUT2D eigenvalue weighted by atomic mass is 9.91. The van der Waals surface area contributed by atoms with Gasteiger partial charge in [-0.3, -0.25) is 0 Å². The normalized spacial score (nSPS) is 18.0. The Morgan fingerprint density at radius 3 is 3.10 bits per heavy atom. The van der Waals surface area contributed by atoms with Crippen molar-refractivity contribution in [3.63, 3.8) is 0 Å². The molecule has 1 aromatic carbocycles. The first-order chi connectivity index (χ1) is 10.4. The Bertz CT molecular complexity index is 579. The summed E-state index contributed by atoms with van der Waals surface area (Å²) in [6, 6.07) is 9.15. The Morgan fingerprint density at radius 1 is 1.29 bits per heavy atom. The first kappa shape index (κ1) is 14.6. The van der Waals surface area contributed by atoms with Crippen LogP contribution in [0.15, 0.2) is 24.3 Å². The predicted molar refractivity (Wildman–Crippen MR) is 84.6 cm³/mol. The molecule has 0 amide bonds. The largest absolute Gasteiger partial charge is 0.394 e. The zero-order valence-corrected chi connectivity index (χ0v) is 12.4. The number of ether oxygens (including phenoxy) is 1. The van der Waals surface area contributed by atoms with Crippen LogP contribution in [0.4, 0.5) is 0 Å². The van der Waals surface area contributed by atoms with Crippen molar-refractivity contribution in [2.24, 2.45) is 0 Å². The van der Waals surface area contributed by atoms with Crippen molar-refractivity contribution in [3.05, 3.63) is 35.5 Å². The van der Waals surface area contributed by atoms with Gasteiger partial charge in [-0.25, -0.2) is 0 Å². The zero-order valence-electron chi connectivity index (χ0n) is 12.4. The van der Waals surface area contributed by atoms with Crippen LogP contribution in [0.1, 0.15) is 24.1 Å². The van der Waals surface area contributed by atoms with Crippen LogP contribution < -0.4 is 5.32 Å². The van der Waals surface area contributed by atoms with Crippen LogP contribution in [0.25, 0.3) is 10.9 Å². The van der Waals surface area contributed by atoms with Crippen molar-refractivity contribution in [2.75, 3.05) is 26.4 Å². The lowest BCUT2D eigenvalue weighted by molar-refractivity contribution is 0.0903. The molecular formula is C17H24N2O2. The van der Waals surface area contributed by atoms with E-state index in [9.17, 15) is 0 Å². The third-order valence-electron chi connectivity index (χ3n) is 4.23. The highest BCUT2D eigenvalue weighted by molar-refractivity contribution is 5.84. The third-order valence-corrected chi connectivity index (χ3v) is 4.23. The van der Waals surface area contributed by atoms with E-state index < -0.39 is 0 Å². The summed E-state index contributed by atoms with van der Waals surface area (Å²) in [6.07, 6.45) is 4.42. The van der Waals surface area contributed by atoms with Gasteiger partial charge < -0.3 is 20.1 Å². The zero-order chi connectivity index (χ0) is 14.5. The minimum absolute atomic E-state index is 0.111. The fraction of sp³-hybridized carbons (Fsp3) is 0.529. The van der Waals surface area contributed by atoms with E-state index in [2.05, 4.69) is 34.6 Å². The van der Waals surface area contributed by atoms with Gasteiger partial charge in [0.15, 0.2) is 0 Å². The molecule has 1 aliphatic rings. The number of hydrogen-bond acceptors (Lipinski definition) is 3. The van der Waals surface area contributed by atoms with Gasteiger partial charge in [-0.15, -0.1) is 0 Å². The lowest BCUT2D eigenvalue weighted by Crippen LogP contribution is -2.35. The quantitative estimate of drug-likeness (QED) is 0.683. The maximum absolute atomic E-state index is 8.64. The smallest absolute Gasteiger partial charge is 0.0697 e. The number of aliphatic hydroxyl groups excluding tert-OH is 1. The van der Waals surface area contributed by atoms with Gasteiger partial charge in [0.25, 0.3) is 0 Å². The number of H-pyrrole nitrogens is 1. The summed E-state index contributed by atoms with van der Waals surface area (Å²) in [5.41, 5.74) is 4.17. The Hall–Kier alpha value is -1.36. The minimum Gasteiger partial charge on any atom is -0.394 e. The Balaban J connectivity index is 1.52. The molecular weight excluding hydrogens is 264 g/mol. The number of aliphatic hydroxyl groups is 1. The van der Waals surface area contributed by atoms with Crippen LogP contribution >= 0.6 is 0 Å². The number of fused-ring (bicyclic) bond motifs is 3. The van der Waals surface area contributed by atoms with E-state index in [1.165, 1.54) is 28.6 Å². The van der Waals surface area contributed by atoms with Crippen LogP contribution in [0.2, 0.25) is 0 Å². The number of para-hydroxylation sites is 1. The second-order valence-corrected chi connectivity index (χ2v) is 5.71. The van der Waals surface area contributed by atoms with Crippen molar-refractivity contribution in [2.45, 2.75) is 31.7 Å². The number of aromatic nitrogens is 1. The molecule has 4 nitrogen and oxygen atoms in total. The molecule has 1 atom stereocenters. The molecule has 114 valence electrons. The Kier molecular flexibility index (Phi) is 4.91. The molecule has 21 heavy (non-hydrogen) atoms. The number of nitrogens with one attached hydrogen (secondary N) is 2. The number of hydrogen-bond donors (Lipinski definition) is 3. The van der Waals surface area contributed by atoms with Crippen molar-refractivity contribution < 1.29 is 9.84 Å². The summed E-state index contributed by atoms with van der Waals surface area (Å²) in [5, 5.41) is 13.7. The fourth-order valence-electron chi connectivity index (χ4n) is 3.19. The summed E-state index contributed by atoms with van der Waals surface area (Å²) in [5.74, 6) is 0. The van der Waals surface area contributed by atoms with E-state index in [1.54, 1.807) is 0 Å². The summed E-state index contributed by atoms with van der Waals surface area (Å²) >= 11 is 0. The number of rotatable bonds is 7. The van der Waals surface area contributed by atoms with E-state index in [1.807, 2.05) is 0 Å². The Morgan fingerprint density at radius 2 is 2.19 bits per heavy atom. The van der Waals surface area contributed by atoms with E-state index in [4.69, 9.17) is 9.84 Å². The molecule has 0 fully saturated rings. The van der Waals surface area contributed by atoms with Gasteiger partial charge in [-0.1, -0.05) is 18.2 Å². The standard InChI is InChI=1S/C17H24N2O2/c20-9-11-21-10-3-8-18-13-6-7-17-15(12-13)14-4-1-2-5-16(14)19-17/h1-2,4-5,13,18-20H,3,6-12H2. The third kappa shape index (κ3) is 3.46. The van der Waals surface area contributed by atoms with Gasteiger partial charge in [-0.05, 0) is 43.9 Å². The maximum atomic E-state index is 8.64. The van der Waals surface area contributed by atoms with Crippen molar-refractivity contribution >= 4 is 10.9 Å². The molecule has 0 spiro atoms. The van der Waals surface area contributed by atoms with Crippen LogP contribution in [-0.4, -0.2) is 42.5 Å².